The Morgan fingerprint density at radius 1 is 1.27 bits per heavy atom. The predicted octanol–water partition coefficient (Wildman–Crippen LogP) is 3.17. The van der Waals surface area contributed by atoms with Crippen LogP contribution in [0.3, 0.4) is 0 Å². The average Bonchev–Trinajstić information content (AvgIpc) is 2.29. The summed E-state index contributed by atoms with van der Waals surface area (Å²) in [7, 11) is 0. The van der Waals surface area contributed by atoms with Gasteiger partial charge in [0.05, 0.1) is 0 Å². The summed E-state index contributed by atoms with van der Waals surface area (Å²) in [5.74, 6) is 0. The van der Waals surface area contributed by atoms with Crippen molar-refractivity contribution in [1.29, 1.82) is 0 Å². The number of unbranched alkanes of at least 4 members (excludes halogenated alkanes) is 1. The fourth-order valence-corrected chi connectivity index (χ4v) is 1.51. The van der Waals surface area contributed by atoms with Gasteiger partial charge in [-0.1, -0.05) is 36.4 Å². The standard InChI is InChI=1S/C14H21N/c1-3-13(2)15-12-8-7-11-14-9-5-4-6-10-14/h3-6,9-10,13,15H,1,7-8,11-12H2,2H3. The summed E-state index contributed by atoms with van der Waals surface area (Å²) in [5, 5.41) is 3.40. The summed E-state index contributed by atoms with van der Waals surface area (Å²) in [4.78, 5) is 0. The van der Waals surface area contributed by atoms with Gasteiger partial charge < -0.3 is 5.32 Å². The largest absolute Gasteiger partial charge is 0.311 e. The monoisotopic (exact) mass is 203 g/mol. The van der Waals surface area contributed by atoms with E-state index >= 15 is 0 Å². The highest BCUT2D eigenvalue weighted by atomic mass is 14.9. The van der Waals surface area contributed by atoms with Gasteiger partial charge in [0.15, 0.2) is 0 Å². The zero-order chi connectivity index (χ0) is 10.9. The molecular weight excluding hydrogens is 182 g/mol. The van der Waals surface area contributed by atoms with Gasteiger partial charge in [-0.05, 0) is 38.3 Å². The van der Waals surface area contributed by atoms with E-state index in [2.05, 4.69) is 49.2 Å². The molecule has 0 radical (unpaired) electrons. The van der Waals surface area contributed by atoms with E-state index in [0.29, 0.717) is 6.04 Å². The van der Waals surface area contributed by atoms with Crippen molar-refractivity contribution in [2.75, 3.05) is 6.54 Å². The van der Waals surface area contributed by atoms with Crippen LogP contribution in [0.2, 0.25) is 0 Å². The lowest BCUT2D eigenvalue weighted by Gasteiger charge is -2.08. The number of hydrogen-bond acceptors (Lipinski definition) is 1. The minimum Gasteiger partial charge on any atom is -0.311 e. The Hall–Kier alpha value is -1.08. The number of aryl methyl sites for hydroxylation is 1. The van der Waals surface area contributed by atoms with Crippen LogP contribution in [-0.2, 0) is 6.42 Å². The van der Waals surface area contributed by atoms with E-state index in [0.717, 1.165) is 6.54 Å². The maximum absolute atomic E-state index is 3.74. The smallest absolute Gasteiger partial charge is 0.0219 e. The fraction of sp³-hybridized carbons (Fsp3) is 0.429. The molecule has 1 unspecified atom stereocenters. The number of nitrogens with one attached hydrogen (secondary N) is 1. The maximum Gasteiger partial charge on any atom is 0.0219 e. The molecule has 0 aliphatic heterocycles. The second-order valence-corrected chi connectivity index (χ2v) is 3.92. The van der Waals surface area contributed by atoms with Crippen LogP contribution in [-0.4, -0.2) is 12.6 Å². The number of hydrogen-bond donors (Lipinski definition) is 1. The Labute approximate surface area is 93.2 Å². The third-order valence-corrected chi connectivity index (χ3v) is 2.55. The lowest BCUT2D eigenvalue weighted by atomic mass is 10.1. The highest BCUT2D eigenvalue weighted by molar-refractivity contribution is 5.14. The molecule has 0 saturated carbocycles. The zero-order valence-electron chi connectivity index (χ0n) is 9.58. The van der Waals surface area contributed by atoms with E-state index in [1.165, 1.54) is 24.8 Å². The molecule has 1 aromatic carbocycles. The van der Waals surface area contributed by atoms with Gasteiger partial charge >= 0.3 is 0 Å². The summed E-state index contributed by atoms with van der Waals surface area (Å²) >= 11 is 0. The fourth-order valence-electron chi connectivity index (χ4n) is 1.51. The topological polar surface area (TPSA) is 12.0 Å². The van der Waals surface area contributed by atoms with Gasteiger partial charge in [0, 0.05) is 6.04 Å². The van der Waals surface area contributed by atoms with Gasteiger partial charge in [-0.25, -0.2) is 0 Å². The van der Waals surface area contributed by atoms with Crippen molar-refractivity contribution < 1.29 is 0 Å². The summed E-state index contributed by atoms with van der Waals surface area (Å²) in [6.07, 6.45) is 5.61. The van der Waals surface area contributed by atoms with Gasteiger partial charge in [-0.15, -0.1) is 6.58 Å². The molecule has 0 aliphatic carbocycles. The second kappa shape index (κ2) is 7.24. The van der Waals surface area contributed by atoms with Crippen LogP contribution in [0.1, 0.15) is 25.3 Å². The first kappa shape index (κ1) is 12.0. The van der Waals surface area contributed by atoms with Crippen LogP contribution >= 0.6 is 0 Å². The van der Waals surface area contributed by atoms with Gasteiger partial charge in [-0.2, -0.15) is 0 Å². The third-order valence-electron chi connectivity index (χ3n) is 2.55. The summed E-state index contributed by atoms with van der Waals surface area (Å²) in [5.41, 5.74) is 1.44. The lowest BCUT2D eigenvalue weighted by Crippen LogP contribution is -2.24. The Morgan fingerprint density at radius 3 is 2.67 bits per heavy atom. The van der Waals surface area contributed by atoms with Gasteiger partial charge in [0.2, 0.25) is 0 Å². The first-order chi connectivity index (χ1) is 7.33. The molecule has 0 bridgehead atoms. The van der Waals surface area contributed by atoms with Crippen LogP contribution < -0.4 is 5.32 Å². The molecule has 0 aliphatic rings. The molecule has 0 saturated heterocycles. The maximum atomic E-state index is 3.74. The highest BCUT2D eigenvalue weighted by Gasteiger charge is 1.94. The van der Waals surface area contributed by atoms with E-state index in [1.54, 1.807) is 0 Å². The van der Waals surface area contributed by atoms with Crippen molar-refractivity contribution in [3.8, 4) is 0 Å². The quantitative estimate of drug-likeness (QED) is 0.530. The summed E-state index contributed by atoms with van der Waals surface area (Å²) in [6, 6.07) is 11.1. The Bertz CT molecular complexity index is 266. The number of benzene rings is 1. The molecule has 0 spiro atoms. The van der Waals surface area contributed by atoms with Crippen LogP contribution in [0.25, 0.3) is 0 Å². The summed E-state index contributed by atoms with van der Waals surface area (Å²) < 4.78 is 0. The van der Waals surface area contributed by atoms with Crippen molar-refractivity contribution in [3.63, 3.8) is 0 Å². The molecule has 1 aromatic rings. The van der Waals surface area contributed by atoms with Crippen LogP contribution in [0.5, 0.6) is 0 Å². The SMILES string of the molecule is C=CC(C)NCCCCc1ccccc1. The van der Waals surface area contributed by atoms with Crippen molar-refractivity contribution in [3.05, 3.63) is 48.6 Å². The lowest BCUT2D eigenvalue weighted by molar-refractivity contribution is 0.588. The highest BCUT2D eigenvalue weighted by Crippen LogP contribution is 2.03. The molecule has 0 aromatic heterocycles. The third kappa shape index (κ3) is 5.38. The Kier molecular flexibility index (Phi) is 5.79. The van der Waals surface area contributed by atoms with Gasteiger partial charge in [0.25, 0.3) is 0 Å². The first-order valence-corrected chi connectivity index (χ1v) is 5.73. The van der Waals surface area contributed by atoms with E-state index < -0.39 is 0 Å². The van der Waals surface area contributed by atoms with E-state index in [9.17, 15) is 0 Å². The molecule has 0 amide bonds. The molecular formula is C14H21N. The zero-order valence-corrected chi connectivity index (χ0v) is 9.58. The van der Waals surface area contributed by atoms with Crippen LogP contribution in [0, 0.1) is 0 Å². The molecule has 1 atom stereocenters. The second-order valence-electron chi connectivity index (χ2n) is 3.92. The Balaban J connectivity index is 2.05. The van der Waals surface area contributed by atoms with Crippen molar-refractivity contribution >= 4 is 0 Å². The van der Waals surface area contributed by atoms with E-state index in [1.807, 2.05) is 6.08 Å². The van der Waals surface area contributed by atoms with Crippen LogP contribution in [0.4, 0.5) is 0 Å². The molecule has 1 heteroatoms. The first-order valence-electron chi connectivity index (χ1n) is 5.73. The molecule has 82 valence electrons. The normalized spacial score (nSPS) is 12.3. The van der Waals surface area contributed by atoms with Crippen molar-refractivity contribution in [2.24, 2.45) is 0 Å². The molecule has 0 fully saturated rings. The minimum absolute atomic E-state index is 0.432. The Morgan fingerprint density at radius 2 is 2.00 bits per heavy atom. The summed E-state index contributed by atoms with van der Waals surface area (Å²) in [6.45, 7) is 6.96. The van der Waals surface area contributed by atoms with Crippen LogP contribution in [0.15, 0.2) is 43.0 Å². The van der Waals surface area contributed by atoms with E-state index in [-0.39, 0.29) is 0 Å². The minimum atomic E-state index is 0.432. The molecule has 0 heterocycles. The van der Waals surface area contributed by atoms with Gasteiger partial charge in [-0.3, -0.25) is 0 Å². The van der Waals surface area contributed by atoms with Gasteiger partial charge in [0.1, 0.15) is 0 Å². The molecule has 1 rings (SSSR count). The molecule has 1 nitrogen and oxygen atoms in total. The van der Waals surface area contributed by atoms with Crippen molar-refractivity contribution in [2.45, 2.75) is 32.2 Å². The molecule has 1 N–H and O–H groups in total. The number of rotatable bonds is 7. The van der Waals surface area contributed by atoms with E-state index in [4.69, 9.17) is 0 Å². The molecule has 15 heavy (non-hydrogen) atoms. The average molecular weight is 203 g/mol. The predicted molar refractivity (Wildman–Crippen MR) is 67.0 cm³/mol. The van der Waals surface area contributed by atoms with Crippen molar-refractivity contribution in [1.82, 2.24) is 5.32 Å².